The molecule has 1 aromatic rings. The van der Waals surface area contributed by atoms with Crippen molar-refractivity contribution < 1.29 is 27.5 Å². The molecular formula is C24H32F3N3O3. The van der Waals surface area contributed by atoms with Crippen LogP contribution in [-0.2, 0) is 22.5 Å². The number of ether oxygens (including phenoxy) is 1. The zero-order valence-electron chi connectivity index (χ0n) is 19.3. The Morgan fingerprint density at radius 3 is 2.48 bits per heavy atom. The Bertz CT molecular complexity index is 897. The van der Waals surface area contributed by atoms with E-state index >= 15 is 0 Å². The van der Waals surface area contributed by atoms with Gasteiger partial charge in [0.15, 0.2) is 6.10 Å². The number of benzene rings is 1. The Morgan fingerprint density at radius 2 is 1.82 bits per heavy atom. The molecule has 1 aromatic carbocycles. The highest BCUT2D eigenvalue weighted by Crippen LogP contribution is 2.42. The number of carbonyl (C=O) groups is 2. The lowest BCUT2D eigenvalue weighted by atomic mass is 9.78. The number of para-hydroxylation sites is 1. The maximum atomic E-state index is 12.7. The van der Waals surface area contributed by atoms with E-state index in [1.54, 1.807) is 6.92 Å². The first-order valence-corrected chi connectivity index (χ1v) is 11.7. The molecule has 0 radical (unpaired) electrons. The maximum absolute atomic E-state index is 12.7. The number of anilines is 1. The van der Waals surface area contributed by atoms with Crippen molar-refractivity contribution in [1.29, 1.82) is 0 Å². The molecule has 9 heteroatoms. The van der Waals surface area contributed by atoms with Crippen molar-refractivity contribution in [3.63, 3.8) is 0 Å². The average molecular weight is 468 g/mol. The minimum atomic E-state index is -4.55. The van der Waals surface area contributed by atoms with Gasteiger partial charge in [0.25, 0.3) is 0 Å². The van der Waals surface area contributed by atoms with E-state index in [-0.39, 0.29) is 11.3 Å². The molecule has 33 heavy (non-hydrogen) atoms. The number of hydrogen-bond donors (Lipinski definition) is 0. The summed E-state index contributed by atoms with van der Waals surface area (Å²) in [5.41, 5.74) is 3.53. The molecule has 0 bridgehead atoms. The first kappa shape index (κ1) is 23.9. The highest BCUT2D eigenvalue weighted by molar-refractivity contribution is 5.93. The van der Waals surface area contributed by atoms with Gasteiger partial charge in [-0.3, -0.25) is 9.69 Å². The molecule has 1 atom stereocenters. The van der Waals surface area contributed by atoms with Crippen LogP contribution in [0, 0.1) is 5.41 Å². The third-order valence-corrected chi connectivity index (χ3v) is 7.41. The van der Waals surface area contributed by atoms with Crippen molar-refractivity contribution in [3.05, 3.63) is 29.3 Å². The van der Waals surface area contributed by atoms with Crippen LogP contribution < -0.4 is 4.90 Å². The van der Waals surface area contributed by atoms with Gasteiger partial charge in [-0.25, -0.2) is 4.79 Å². The summed E-state index contributed by atoms with van der Waals surface area (Å²) in [7, 11) is 0. The molecule has 2 amide bonds. The third-order valence-electron chi connectivity index (χ3n) is 7.41. The van der Waals surface area contributed by atoms with Crippen LogP contribution in [0.4, 0.5) is 23.7 Å². The van der Waals surface area contributed by atoms with Gasteiger partial charge in [0.1, 0.15) is 0 Å². The van der Waals surface area contributed by atoms with Gasteiger partial charge in [0, 0.05) is 39.6 Å². The van der Waals surface area contributed by atoms with E-state index in [9.17, 15) is 22.8 Å². The van der Waals surface area contributed by atoms with Gasteiger partial charge >= 0.3 is 12.3 Å². The van der Waals surface area contributed by atoms with Crippen LogP contribution in [0.5, 0.6) is 0 Å². The molecule has 0 aromatic heterocycles. The summed E-state index contributed by atoms with van der Waals surface area (Å²) in [6.07, 6.45) is -3.07. The highest BCUT2D eigenvalue weighted by atomic mass is 19.4. The number of nitrogens with zero attached hydrogens (tertiary/aromatic N) is 3. The van der Waals surface area contributed by atoms with Crippen LogP contribution in [0.2, 0.25) is 0 Å². The topological polar surface area (TPSA) is 53.1 Å². The number of aryl methyl sites for hydroxylation is 1. The van der Waals surface area contributed by atoms with E-state index in [0.717, 1.165) is 70.9 Å². The number of piperidine rings is 1. The van der Waals surface area contributed by atoms with E-state index in [2.05, 4.69) is 27.8 Å². The lowest BCUT2D eigenvalue weighted by Crippen LogP contribution is -2.46. The van der Waals surface area contributed by atoms with Crippen LogP contribution >= 0.6 is 0 Å². The van der Waals surface area contributed by atoms with Crippen LogP contribution in [0.3, 0.4) is 0 Å². The normalized spacial score (nSPS) is 21.7. The SMILES string of the molecule is CC(=O)N1CCCc2cccc(CN3CCC4(CCN(C(=O)OC(C)C(F)(F)F)CC4)C3)c21. The molecule has 2 saturated heterocycles. The van der Waals surface area contributed by atoms with Crippen LogP contribution in [0.15, 0.2) is 18.2 Å². The van der Waals surface area contributed by atoms with Crippen molar-refractivity contribution in [2.75, 3.05) is 37.6 Å². The van der Waals surface area contributed by atoms with Gasteiger partial charge in [0.2, 0.25) is 5.91 Å². The average Bonchev–Trinajstić information content (AvgIpc) is 3.15. The molecule has 0 saturated carbocycles. The minimum Gasteiger partial charge on any atom is -0.437 e. The lowest BCUT2D eigenvalue weighted by molar-refractivity contribution is -0.200. The molecule has 4 rings (SSSR count). The molecule has 3 aliphatic heterocycles. The fraction of sp³-hybridized carbons (Fsp3) is 0.667. The summed E-state index contributed by atoms with van der Waals surface area (Å²) in [6.45, 7) is 6.63. The molecule has 0 aliphatic carbocycles. The van der Waals surface area contributed by atoms with Crippen molar-refractivity contribution in [3.8, 4) is 0 Å². The van der Waals surface area contributed by atoms with Gasteiger partial charge < -0.3 is 14.5 Å². The van der Waals surface area contributed by atoms with Gasteiger partial charge in [-0.05, 0) is 62.1 Å². The number of alkyl halides is 3. The zero-order chi connectivity index (χ0) is 23.8. The Morgan fingerprint density at radius 1 is 1.12 bits per heavy atom. The molecule has 6 nitrogen and oxygen atoms in total. The summed E-state index contributed by atoms with van der Waals surface area (Å²) in [6, 6.07) is 6.27. The number of carbonyl (C=O) groups excluding carboxylic acids is 2. The van der Waals surface area contributed by atoms with E-state index in [0.29, 0.717) is 13.1 Å². The van der Waals surface area contributed by atoms with Crippen molar-refractivity contribution >= 4 is 17.7 Å². The van der Waals surface area contributed by atoms with Gasteiger partial charge in [-0.15, -0.1) is 0 Å². The number of halogens is 3. The van der Waals surface area contributed by atoms with Crippen LogP contribution in [0.25, 0.3) is 0 Å². The molecule has 3 heterocycles. The van der Waals surface area contributed by atoms with Crippen molar-refractivity contribution in [1.82, 2.24) is 9.80 Å². The monoisotopic (exact) mass is 467 g/mol. The second-order valence-electron chi connectivity index (χ2n) is 9.71. The minimum absolute atomic E-state index is 0.0698. The molecule has 3 aliphatic rings. The fourth-order valence-corrected chi connectivity index (χ4v) is 5.44. The Hall–Kier alpha value is -2.29. The smallest absolute Gasteiger partial charge is 0.425 e. The Balaban J connectivity index is 1.36. The summed E-state index contributed by atoms with van der Waals surface area (Å²) < 4.78 is 42.7. The summed E-state index contributed by atoms with van der Waals surface area (Å²) in [5.74, 6) is 0.0698. The lowest BCUT2D eigenvalue weighted by Gasteiger charge is -2.39. The Labute approximate surface area is 192 Å². The first-order chi connectivity index (χ1) is 15.6. The number of hydrogen-bond acceptors (Lipinski definition) is 4. The molecule has 0 N–H and O–H groups in total. The second kappa shape index (κ2) is 9.16. The first-order valence-electron chi connectivity index (χ1n) is 11.7. The van der Waals surface area contributed by atoms with Crippen molar-refractivity contribution in [2.45, 2.75) is 64.8 Å². The molecule has 1 unspecified atom stereocenters. The molecule has 1 spiro atoms. The Kier molecular flexibility index (Phi) is 6.62. The number of amides is 2. The van der Waals surface area contributed by atoms with Gasteiger partial charge in [-0.2, -0.15) is 13.2 Å². The summed E-state index contributed by atoms with van der Waals surface area (Å²) in [4.78, 5) is 30.1. The maximum Gasteiger partial charge on any atom is 0.425 e. The van der Waals surface area contributed by atoms with E-state index in [1.165, 1.54) is 16.0 Å². The van der Waals surface area contributed by atoms with E-state index in [4.69, 9.17) is 0 Å². The van der Waals surface area contributed by atoms with Crippen LogP contribution in [-0.4, -0.2) is 66.8 Å². The quantitative estimate of drug-likeness (QED) is 0.663. The van der Waals surface area contributed by atoms with Crippen molar-refractivity contribution in [2.24, 2.45) is 5.41 Å². The predicted molar refractivity (Wildman–Crippen MR) is 118 cm³/mol. The van der Waals surface area contributed by atoms with Gasteiger partial charge in [0.05, 0.1) is 5.69 Å². The van der Waals surface area contributed by atoms with Gasteiger partial charge in [-0.1, -0.05) is 18.2 Å². The molecule has 2 fully saturated rings. The third kappa shape index (κ3) is 5.13. The zero-order valence-corrected chi connectivity index (χ0v) is 19.3. The number of likely N-dealkylation sites (tertiary alicyclic amines) is 2. The second-order valence-corrected chi connectivity index (χ2v) is 9.71. The predicted octanol–water partition coefficient (Wildman–Crippen LogP) is 4.36. The van der Waals surface area contributed by atoms with E-state index in [1.807, 2.05) is 4.90 Å². The molecular weight excluding hydrogens is 435 g/mol. The van der Waals surface area contributed by atoms with Crippen LogP contribution in [0.1, 0.15) is 50.7 Å². The largest absolute Gasteiger partial charge is 0.437 e. The summed E-state index contributed by atoms with van der Waals surface area (Å²) >= 11 is 0. The number of fused-ring (bicyclic) bond motifs is 1. The molecule has 182 valence electrons. The van der Waals surface area contributed by atoms with E-state index < -0.39 is 18.4 Å². The fourth-order valence-electron chi connectivity index (χ4n) is 5.44. The number of rotatable bonds is 3. The standard InChI is InChI=1S/C24H32F3N3O3/c1-17(24(25,26)27)33-22(32)29-13-9-23(10-14-29)8-12-28(16-23)15-20-6-3-5-19-7-4-11-30(18(2)31)21(19)20/h3,5-6,17H,4,7-16H2,1-2H3. The summed E-state index contributed by atoms with van der Waals surface area (Å²) in [5, 5.41) is 0. The highest BCUT2D eigenvalue weighted by Gasteiger charge is 2.44.